The number of aliphatic hydroxyl groups is 1. The Bertz CT molecular complexity index is 913. The number of carbonyl (C=O) groups excluding carboxylic acids is 2. The first-order valence-corrected chi connectivity index (χ1v) is 14.6. The molecule has 0 saturated carbocycles. The molecule has 0 fully saturated rings. The molecule has 1 aromatic rings. The van der Waals surface area contributed by atoms with E-state index in [1.54, 1.807) is 0 Å². The summed E-state index contributed by atoms with van der Waals surface area (Å²) in [5.41, 5.74) is 0.117. The summed E-state index contributed by atoms with van der Waals surface area (Å²) in [4.78, 5) is 24.7. The second-order valence-corrected chi connectivity index (χ2v) is 11.9. The average molecular weight is 596 g/mol. The topological polar surface area (TPSA) is 137 Å². The fourth-order valence-corrected chi connectivity index (χ4v) is 3.73. The van der Waals surface area contributed by atoms with Crippen molar-refractivity contribution in [1.82, 2.24) is 16.0 Å². The Kier molecular flexibility index (Phi) is 17.8. The van der Waals surface area contributed by atoms with Gasteiger partial charge in [0.05, 0.1) is 31.5 Å². The number of carbonyl (C=O) groups is 2. The maximum absolute atomic E-state index is 12.9. The van der Waals surface area contributed by atoms with Crippen molar-refractivity contribution in [2.75, 3.05) is 39.5 Å². The largest absolute Gasteiger partial charge is 0.507 e. The summed E-state index contributed by atoms with van der Waals surface area (Å²) in [6.07, 6.45) is 2.45. The van der Waals surface area contributed by atoms with E-state index in [1.165, 1.54) is 6.26 Å². The van der Waals surface area contributed by atoms with Crippen LogP contribution >= 0.6 is 0 Å². The predicted octanol–water partition coefficient (Wildman–Crippen LogP) is 4.57. The monoisotopic (exact) mass is 595 g/mol. The first-order valence-electron chi connectivity index (χ1n) is 14.6. The Balaban J connectivity index is 2.30. The molecule has 0 aliphatic rings. The van der Waals surface area contributed by atoms with Gasteiger partial charge in [-0.25, -0.2) is 4.79 Å². The molecule has 0 spiro atoms. The first kappa shape index (κ1) is 37.2. The van der Waals surface area contributed by atoms with Gasteiger partial charge in [-0.05, 0) is 73.3 Å². The molecule has 11 heteroatoms. The normalized spacial score (nSPS) is 13.7. The van der Waals surface area contributed by atoms with Gasteiger partial charge >= 0.3 is 6.09 Å². The van der Waals surface area contributed by atoms with Gasteiger partial charge in [0.25, 0.3) is 0 Å². The smallest absolute Gasteiger partial charge is 0.407 e. The van der Waals surface area contributed by atoms with Gasteiger partial charge in [0.1, 0.15) is 31.3 Å². The van der Waals surface area contributed by atoms with Gasteiger partial charge in [0.2, 0.25) is 5.91 Å². The van der Waals surface area contributed by atoms with Crippen LogP contribution in [0.2, 0.25) is 0 Å². The van der Waals surface area contributed by atoms with E-state index in [0.29, 0.717) is 52.2 Å². The van der Waals surface area contributed by atoms with Gasteiger partial charge in [-0.15, -0.1) is 0 Å². The molecule has 0 bridgehead atoms. The average Bonchev–Trinajstić information content (AvgIpc) is 2.87. The molecule has 11 nitrogen and oxygen atoms in total. The van der Waals surface area contributed by atoms with Gasteiger partial charge in [0.15, 0.2) is 5.76 Å². The van der Waals surface area contributed by atoms with E-state index in [1.807, 2.05) is 78.8 Å². The van der Waals surface area contributed by atoms with Crippen molar-refractivity contribution in [2.24, 2.45) is 0 Å². The Morgan fingerprint density at radius 2 is 1.62 bits per heavy atom. The highest BCUT2D eigenvalue weighted by molar-refractivity contribution is 5.81. The van der Waals surface area contributed by atoms with Gasteiger partial charge in [-0.3, -0.25) is 10.1 Å². The maximum atomic E-state index is 12.9. The second kappa shape index (κ2) is 20.1. The van der Waals surface area contributed by atoms with Crippen LogP contribution in [-0.2, 0) is 35.1 Å². The number of benzene rings is 1. The number of alkyl carbamates (subject to hydrolysis) is 1. The number of unbranched alkanes of at least 4 members (excludes halogenated alkanes) is 1. The van der Waals surface area contributed by atoms with Crippen LogP contribution in [0.1, 0.15) is 73.3 Å². The third-order valence-corrected chi connectivity index (χ3v) is 5.34. The van der Waals surface area contributed by atoms with Crippen LogP contribution in [0, 0.1) is 0 Å². The van der Waals surface area contributed by atoms with Crippen molar-refractivity contribution >= 4 is 12.0 Å². The molecule has 240 valence electrons. The van der Waals surface area contributed by atoms with Crippen LogP contribution in [0.25, 0.3) is 0 Å². The van der Waals surface area contributed by atoms with E-state index < -0.39 is 17.7 Å². The van der Waals surface area contributed by atoms with Crippen molar-refractivity contribution in [2.45, 2.75) is 97.8 Å². The van der Waals surface area contributed by atoms with E-state index in [9.17, 15) is 14.7 Å². The number of rotatable bonds is 20. The van der Waals surface area contributed by atoms with Crippen molar-refractivity contribution in [3.8, 4) is 0 Å². The lowest BCUT2D eigenvalue weighted by Crippen LogP contribution is -2.50. The number of hydrogen-bond acceptors (Lipinski definition) is 9. The van der Waals surface area contributed by atoms with Crippen molar-refractivity contribution in [3.05, 3.63) is 47.9 Å². The molecular formula is C31H53N3O8. The minimum Gasteiger partial charge on any atom is -0.507 e. The number of aliphatic hydroxyl groups excluding tert-OH is 1. The highest BCUT2D eigenvalue weighted by Gasteiger charge is 2.23. The quantitative estimate of drug-likeness (QED) is 0.0971. The van der Waals surface area contributed by atoms with E-state index in [4.69, 9.17) is 23.7 Å². The van der Waals surface area contributed by atoms with Gasteiger partial charge in [-0.2, -0.15) is 0 Å². The molecule has 42 heavy (non-hydrogen) atoms. The van der Waals surface area contributed by atoms with Crippen LogP contribution in [0.3, 0.4) is 0 Å². The van der Waals surface area contributed by atoms with Gasteiger partial charge < -0.3 is 39.4 Å². The molecule has 0 radical (unpaired) electrons. The number of ether oxygens (including phenoxy) is 5. The lowest BCUT2D eigenvalue weighted by Gasteiger charge is -2.29. The third kappa shape index (κ3) is 20.9. The summed E-state index contributed by atoms with van der Waals surface area (Å²) in [5, 5.41) is 18.7. The standard InChI is InChI=1S/C31H53N3O8/c1-24(41-30(2,3)4)34-27(15-11-12-16-33-29(37)42-31(5,6)7)28(36)32-17-18-38-19-20-39-22-26(35)23-40-21-25-13-9-8-10-14-25/h8-10,13-14,22,24,27,34-35H,11-12,15-21,23H2,1-7H3,(H,32,36)(H,33,37)/b26-22-/t24?,27-/m0/s1. The highest BCUT2D eigenvalue weighted by Crippen LogP contribution is 2.11. The summed E-state index contributed by atoms with van der Waals surface area (Å²) >= 11 is 0. The molecule has 1 aromatic carbocycles. The molecule has 0 aliphatic carbocycles. The summed E-state index contributed by atoms with van der Waals surface area (Å²) in [6.45, 7) is 15.3. The highest BCUT2D eigenvalue weighted by atomic mass is 16.6. The Labute approximate surface area is 251 Å². The van der Waals surface area contributed by atoms with Crippen LogP contribution < -0.4 is 16.0 Å². The summed E-state index contributed by atoms with van der Waals surface area (Å²) in [6, 6.07) is 9.22. The van der Waals surface area contributed by atoms with E-state index >= 15 is 0 Å². The molecule has 2 atom stereocenters. The van der Waals surface area contributed by atoms with Crippen LogP contribution in [-0.4, -0.2) is 80.1 Å². The zero-order chi connectivity index (χ0) is 31.4. The minimum atomic E-state index is -0.546. The molecular weight excluding hydrogens is 542 g/mol. The van der Waals surface area contributed by atoms with E-state index in [-0.39, 0.29) is 36.7 Å². The molecule has 2 amide bonds. The Hall–Kier alpha value is -2.86. The van der Waals surface area contributed by atoms with Crippen molar-refractivity contribution < 1.29 is 38.4 Å². The number of nitrogens with one attached hydrogen (secondary N) is 3. The first-order chi connectivity index (χ1) is 19.7. The van der Waals surface area contributed by atoms with Crippen LogP contribution in [0.5, 0.6) is 0 Å². The van der Waals surface area contributed by atoms with Crippen LogP contribution in [0.15, 0.2) is 42.4 Å². The second-order valence-electron chi connectivity index (χ2n) is 11.9. The lowest BCUT2D eigenvalue weighted by atomic mass is 10.1. The van der Waals surface area contributed by atoms with Gasteiger partial charge in [0, 0.05) is 13.1 Å². The van der Waals surface area contributed by atoms with E-state index in [0.717, 1.165) is 5.56 Å². The third-order valence-electron chi connectivity index (χ3n) is 5.34. The summed E-state index contributed by atoms with van der Waals surface area (Å²) < 4.78 is 27.4. The maximum Gasteiger partial charge on any atom is 0.407 e. The van der Waals surface area contributed by atoms with E-state index in [2.05, 4.69) is 16.0 Å². The minimum absolute atomic E-state index is 0.0120. The van der Waals surface area contributed by atoms with Crippen molar-refractivity contribution in [3.63, 3.8) is 0 Å². The fourth-order valence-electron chi connectivity index (χ4n) is 3.73. The SMILES string of the molecule is CC(N[C@@H](CCCCNC(=O)OC(C)(C)C)C(=O)NCCOCCO/C=C(\O)COCc1ccccc1)OC(C)(C)C. The number of amides is 2. The molecule has 0 saturated heterocycles. The summed E-state index contributed by atoms with van der Waals surface area (Å²) in [5.74, 6) is -0.162. The molecule has 0 heterocycles. The Morgan fingerprint density at radius 3 is 2.29 bits per heavy atom. The van der Waals surface area contributed by atoms with Crippen LogP contribution in [0.4, 0.5) is 4.79 Å². The molecule has 1 rings (SSSR count). The predicted molar refractivity (Wildman–Crippen MR) is 162 cm³/mol. The number of hydrogen-bond donors (Lipinski definition) is 4. The molecule has 0 aliphatic heterocycles. The summed E-state index contributed by atoms with van der Waals surface area (Å²) in [7, 11) is 0. The molecule has 0 aromatic heterocycles. The molecule has 4 N–H and O–H groups in total. The van der Waals surface area contributed by atoms with Gasteiger partial charge in [-0.1, -0.05) is 30.3 Å². The fraction of sp³-hybridized carbons (Fsp3) is 0.677. The Morgan fingerprint density at radius 1 is 0.905 bits per heavy atom. The lowest BCUT2D eigenvalue weighted by molar-refractivity contribution is -0.127. The zero-order valence-electron chi connectivity index (χ0n) is 26.5. The molecule has 1 unspecified atom stereocenters. The van der Waals surface area contributed by atoms with Crippen molar-refractivity contribution in [1.29, 1.82) is 0 Å². The zero-order valence-corrected chi connectivity index (χ0v) is 26.5.